The van der Waals surface area contributed by atoms with E-state index in [9.17, 15) is 9.59 Å². The summed E-state index contributed by atoms with van der Waals surface area (Å²) in [5.41, 5.74) is 4.00. The zero-order valence-electron chi connectivity index (χ0n) is 14.0. The highest BCUT2D eigenvalue weighted by molar-refractivity contribution is 6.36. The van der Waals surface area contributed by atoms with Crippen LogP contribution in [-0.4, -0.2) is 23.6 Å². The first-order valence-electron chi connectivity index (χ1n) is 8.39. The first-order chi connectivity index (χ1) is 12.6. The van der Waals surface area contributed by atoms with E-state index in [1.54, 1.807) is 0 Å². The van der Waals surface area contributed by atoms with Gasteiger partial charge in [-0.15, -0.1) is 0 Å². The number of aliphatic carboxylic acids is 1. The second-order valence-electron chi connectivity index (χ2n) is 6.16. The Morgan fingerprint density at radius 2 is 2.04 bits per heavy atom. The van der Waals surface area contributed by atoms with Crippen LogP contribution in [0.4, 0.5) is 5.69 Å². The molecule has 0 bridgehead atoms. The molecule has 2 aliphatic rings. The second-order valence-corrected chi connectivity index (χ2v) is 6.16. The van der Waals surface area contributed by atoms with E-state index in [0.717, 1.165) is 22.4 Å². The molecular formula is C20H17NO5. The van der Waals surface area contributed by atoms with Crippen LogP contribution in [0, 0.1) is 0 Å². The summed E-state index contributed by atoms with van der Waals surface area (Å²) in [4.78, 5) is 22.9. The van der Waals surface area contributed by atoms with Gasteiger partial charge in [-0.1, -0.05) is 18.2 Å². The van der Waals surface area contributed by atoms with E-state index < -0.39 is 5.97 Å². The molecule has 1 amide bonds. The lowest BCUT2D eigenvalue weighted by Gasteiger charge is -2.07. The van der Waals surface area contributed by atoms with Crippen LogP contribution in [-0.2, 0) is 20.9 Å². The predicted molar refractivity (Wildman–Crippen MR) is 95.5 cm³/mol. The largest absolute Gasteiger partial charge is 0.494 e. The van der Waals surface area contributed by atoms with Crippen LogP contribution in [0.15, 0.2) is 42.5 Å². The molecule has 0 saturated heterocycles. The van der Waals surface area contributed by atoms with Crippen LogP contribution in [0.25, 0.3) is 11.3 Å². The first-order valence-corrected chi connectivity index (χ1v) is 8.39. The van der Waals surface area contributed by atoms with Gasteiger partial charge in [0.2, 0.25) is 0 Å². The SMILES string of the molecule is O=C(O)CCCOc1ccc2c(c1)COC2=C1C(=O)Nc2ccccc21. The molecule has 6 nitrogen and oxygen atoms in total. The number of nitrogens with one attached hydrogen (secondary N) is 1. The lowest BCUT2D eigenvalue weighted by atomic mass is 10.0. The molecule has 0 aromatic heterocycles. The molecule has 0 saturated carbocycles. The van der Waals surface area contributed by atoms with Gasteiger partial charge in [0.1, 0.15) is 18.1 Å². The minimum absolute atomic E-state index is 0.0822. The fraction of sp³-hybridized carbons (Fsp3) is 0.200. The number of carbonyl (C=O) groups excluding carboxylic acids is 1. The number of carbonyl (C=O) groups is 2. The van der Waals surface area contributed by atoms with E-state index in [1.165, 1.54) is 0 Å². The van der Waals surface area contributed by atoms with Gasteiger partial charge in [-0.3, -0.25) is 9.59 Å². The minimum atomic E-state index is -0.831. The van der Waals surface area contributed by atoms with Crippen molar-refractivity contribution in [2.24, 2.45) is 0 Å². The zero-order chi connectivity index (χ0) is 18.1. The maximum atomic E-state index is 12.4. The number of fused-ring (bicyclic) bond motifs is 2. The van der Waals surface area contributed by atoms with Crippen molar-refractivity contribution in [2.75, 3.05) is 11.9 Å². The van der Waals surface area contributed by atoms with Crippen molar-refractivity contribution >= 4 is 28.9 Å². The fourth-order valence-corrected chi connectivity index (χ4v) is 3.19. The summed E-state index contributed by atoms with van der Waals surface area (Å²) in [6.07, 6.45) is 0.536. The molecule has 0 unspecified atom stereocenters. The maximum absolute atomic E-state index is 12.4. The van der Waals surface area contributed by atoms with Crippen LogP contribution in [0.2, 0.25) is 0 Å². The first kappa shape index (κ1) is 16.2. The van der Waals surface area contributed by atoms with Gasteiger partial charge in [0, 0.05) is 28.8 Å². The van der Waals surface area contributed by atoms with Crippen molar-refractivity contribution < 1.29 is 24.2 Å². The second kappa shape index (κ2) is 6.55. The lowest BCUT2D eigenvalue weighted by molar-refractivity contribution is -0.137. The Morgan fingerprint density at radius 3 is 2.88 bits per heavy atom. The van der Waals surface area contributed by atoms with Gasteiger partial charge in [0.15, 0.2) is 0 Å². The highest BCUT2D eigenvalue weighted by atomic mass is 16.5. The average Bonchev–Trinajstić information content (AvgIpc) is 3.17. The smallest absolute Gasteiger partial charge is 0.303 e. The maximum Gasteiger partial charge on any atom is 0.303 e. The Morgan fingerprint density at radius 1 is 1.19 bits per heavy atom. The molecule has 0 aliphatic carbocycles. The molecule has 0 radical (unpaired) electrons. The Hall–Kier alpha value is -3.28. The third kappa shape index (κ3) is 2.90. The van der Waals surface area contributed by atoms with Crippen molar-refractivity contribution in [3.8, 4) is 5.75 Å². The molecule has 2 aromatic rings. The lowest BCUT2D eigenvalue weighted by Crippen LogP contribution is -2.05. The average molecular weight is 351 g/mol. The number of amides is 1. The van der Waals surface area contributed by atoms with E-state index >= 15 is 0 Å². The molecule has 6 heteroatoms. The number of carboxylic acid groups (broad SMARTS) is 1. The molecule has 4 rings (SSSR count). The van der Waals surface area contributed by atoms with Gasteiger partial charge in [-0.05, 0) is 30.7 Å². The van der Waals surface area contributed by atoms with Crippen LogP contribution in [0.1, 0.15) is 29.5 Å². The molecule has 0 fully saturated rings. The van der Waals surface area contributed by atoms with Crippen molar-refractivity contribution in [1.29, 1.82) is 0 Å². The van der Waals surface area contributed by atoms with Gasteiger partial charge in [-0.2, -0.15) is 0 Å². The third-order valence-corrected chi connectivity index (χ3v) is 4.40. The minimum Gasteiger partial charge on any atom is -0.494 e. The van der Waals surface area contributed by atoms with Crippen molar-refractivity contribution in [3.05, 3.63) is 59.2 Å². The van der Waals surface area contributed by atoms with Gasteiger partial charge >= 0.3 is 5.97 Å². The van der Waals surface area contributed by atoms with Crippen LogP contribution >= 0.6 is 0 Å². The number of para-hydroxylation sites is 1. The molecule has 26 heavy (non-hydrogen) atoms. The highest BCUT2D eigenvalue weighted by Gasteiger charge is 2.32. The number of carboxylic acids is 1. The summed E-state index contributed by atoms with van der Waals surface area (Å²) in [5.74, 6) is 0.255. The number of benzene rings is 2. The number of rotatable bonds is 5. The zero-order valence-corrected chi connectivity index (χ0v) is 14.0. The summed E-state index contributed by atoms with van der Waals surface area (Å²) in [5, 5.41) is 11.5. The van der Waals surface area contributed by atoms with Gasteiger partial charge in [0.25, 0.3) is 5.91 Å². The summed E-state index contributed by atoms with van der Waals surface area (Å²) in [6, 6.07) is 13.1. The van der Waals surface area contributed by atoms with E-state index in [0.29, 0.717) is 36.7 Å². The summed E-state index contributed by atoms with van der Waals surface area (Å²) in [6.45, 7) is 0.714. The number of anilines is 1. The van der Waals surface area contributed by atoms with Gasteiger partial charge in [0.05, 0.1) is 12.2 Å². The molecule has 2 aromatic carbocycles. The van der Waals surface area contributed by atoms with E-state index in [1.807, 2.05) is 42.5 Å². The molecule has 0 atom stereocenters. The summed E-state index contributed by atoms with van der Waals surface area (Å²) >= 11 is 0. The molecule has 2 N–H and O–H groups in total. The quantitative estimate of drug-likeness (QED) is 0.638. The molecule has 132 valence electrons. The predicted octanol–water partition coefficient (Wildman–Crippen LogP) is 3.28. The van der Waals surface area contributed by atoms with Gasteiger partial charge in [-0.25, -0.2) is 0 Å². The Bertz CT molecular complexity index is 932. The van der Waals surface area contributed by atoms with Crippen LogP contribution in [0.3, 0.4) is 0 Å². The topological polar surface area (TPSA) is 84.9 Å². The van der Waals surface area contributed by atoms with Gasteiger partial charge < -0.3 is 19.9 Å². The molecule has 0 spiro atoms. The summed E-state index contributed by atoms with van der Waals surface area (Å²) < 4.78 is 11.4. The third-order valence-electron chi connectivity index (χ3n) is 4.40. The van der Waals surface area contributed by atoms with Crippen LogP contribution in [0.5, 0.6) is 5.75 Å². The monoisotopic (exact) mass is 351 g/mol. The number of hydrogen-bond acceptors (Lipinski definition) is 4. The van der Waals surface area contributed by atoms with E-state index in [2.05, 4.69) is 5.32 Å². The molecule has 2 heterocycles. The highest BCUT2D eigenvalue weighted by Crippen LogP contribution is 2.42. The Kier molecular flexibility index (Phi) is 4.08. The normalized spacial score (nSPS) is 17.3. The van der Waals surface area contributed by atoms with Crippen molar-refractivity contribution in [2.45, 2.75) is 19.4 Å². The molecular weight excluding hydrogens is 334 g/mol. The van der Waals surface area contributed by atoms with Crippen molar-refractivity contribution in [1.82, 2.24) is 0 Å². The fourth-order valence-electron chi connectivity index (χ4n) is 3.19. The number of ether oxygens (including phenoxy) is 2. The van der Waals surface area contributed by atoms with E-state index in [-0.39, 0.29) is 12.3 Å². The number of hydrogen-bond donors (Lipinski definition) is 2. The molecule has 2 aliphatic heterocycles. The Balaban J connectivity index is 1.59. The summed E-state index contributed by atoms with van der Waals surface area (Å²) in [7, 11) is 0. The van der Waals surface area contributed by atoms with E-state index in [4.69, 9.17) is 14.6 Å². The van der Waals surface area contributed by atoms with Crippen molar-refractivity contribution in [3.63, 3.8) is 0 Å². The Labute approximate surface area is 150 Å². The van der Waals surface area contributed by atoms with Crippen LogP contribution < -0.4 is 10.1 Å². The standard InChI is InChI=1S/C20H17NO5/c22-17(23)6-3-9-25-13-7-8-14-12(10-13)11-26-19(14)18-15-4-1-2-5-16(15)21-20(18)24/h1-2,4-5,7-8,10H,3,6,9,11H2,(H,21,24)(H,22,23).